The number of rotatable bonds is 3. The van der Waals surface area contributed by atoms with Crippen LogP contribution >= 0.6 is 15.9 Å². The summed E-state index contributed by atoms with van der Waals surface area (Å²) in [4.78, 5) is 17.0. The Labute approximate surface area is 130 Å². The molecule has 1 fully saturated rings. The van der Waals surface area contributed by atoms with Gasteiger partial charge in [-0.1, -0.05) is 22.9 Å². The Balaban J connectivity index is 1.98. The lowest BCUT2D eigenvalue weighted by molar-refractivity contribution is 0.0691. The van der Waals surface area contributed by atoms with Crippen LogP contribution in [0.3, 0.4) is 0 Å². The van der Waals surface area contributed by atoms with Gasteiger partial charge < -0.3 is 9.80 Å². The molecule has 0 bridgehead atoms. The van der Waals surface area contributed by atoms with Crippen LogP contribution in [0.2, 0.25) is 0 Å². The molecule has 0 saturated carbocycles. The fourth-order valence-corrected chi connectivity index (χ4v) is 3.18. The minimum Gasteiger partial charge on any atom is -0.378 e. The van der Waals surface area contributed by atoms with Crippen LogP contribution in [-0.2, 0) is 0 Å². The van der Waals surface area contributed by atoms with Gasteiger partial charge in [-0.2, -0.15) is 0 Å². The molecule has 4 heteroatoms. The van der Waals surface area contributed by atoms with Crippen LogP contribution in [-0.4, -0.2) is 42.8 Å². The summed E-state index contributed by atoms with van der Waals surface area (Å²) in [5.74, 6) is 0.853. The number of alkyl halides is 1. The van der Waals surface area contributed by atoms with Gasteiger partial charge in [0.2, 0.25) is 0 Å². The number of benzene rings is 1. The third kappa shape index (κ3) is 3.54. The number of amides is 1. The Kier molecular flexibility index (Phi) is 5.08. The van der Waals surface area contributed by atoms with Crippen LogP contribution < -0.4 is 4.90 Å². The first-order chi connectivity index (χ1) is 9.49. The standard InChI is InChI=1S/C16H23BrN2O/c1-12(17)13-8-10-19(11-9-13)16(20)14-4-6-15(7-5-14)18(2)3/h4-7,12-13H,8-11H2,1-3H3. The Morgan fingerprint density at radius 2 is 1.80 bits per heavy atom. The van der Waals surface area contributed by atoms with Crippen molar-refractivity contribution in [2.75, 3.05) is 32.1 Å². The second kappa shape index (κ2) is 6.61. The molecule has 0 aromatic heterocycles. The molecule has 1 amide bonds. The molecule has 2 rings (SSSR count). The van der Waals surface area contributed by atoms with Crippen LogP contribution in [0, 0.1) is 5.92 Å². The van der Waals surface area contributed by atoms with E-state index in [-0.39, 0.29) is 5.91 Å². The zero-order chi connectivity index (χ0) is 14.7. The van der Waals surface area contributed by atoms with Gasteiger partial charge in [0.1, 0.15) is 0 Å². The molecular formula is C16H23BrN2O. The van der Waals surface area contributed by atoms with E-state index in [9.17, 15) is 4.79 Å². The average molecular weight is 339 g/mol. The quantitative estimate of drug-likeness (QED) is 0.788. The normalized spacial score (nSPS) is 17.9. The lowest BCUT2D eigenvalue weighted by Crippen LogP contribution is -2.39. The highest BCUT2D eigenvalue weighted by Crippen LogP contribution is 2.26. The Bertz CT molecular complexity index is 448. The molecule has 1 heterocycles. The van der Waals surface area contributed by atoms with Crippen molar-refractivity contribution in [2.24, 2.45) is 5.92 Å². The molecule has 0 N–H and O–H groups in total. The zero-order valence-electron chi connectivity index (χ0n) is 12.5. The molecule has 1 aliphatic heterocycles. The van der Waals surface area contributed by atoms with Crippen LogP contribution in [0.25, 0.3) is 0 Å². The summed E-state index contributed by atoms with van der Waals surface area (Å²) in [5, 5.41) is 0. The number of piperidine rings is 1. The highest BCUT2D eigenvalue weighted by Gasteiger charge is 2.25. The van der Waals surface area contributed by atoms with Crippen LogP contribution in [0.4, 0.5) is 5.69 Å². The first-order valence-electron chi connectivity index (χ1n) is 7.19. The van der Waals surface area contributed by atoms with E-state index in [1.165, 1.54) is 0 Å². The van der Waals surface area contributed by atoms with E-state index in [0.29, 0.717) is 10.7 Å². The summed E-state index contributed by atoms with van der Waals surface area (Å²) >= 11 is 3.65. The first-order valence-corrected chi connectivity index (χ1v) is 8.11. The molecule has 1 unspecified atom stereocenters. The number of hydrogen-bond acceptors (Lipinski definition) is 2. The SMILES string of the molecule is CC(Br)C1CCN(C(=O)c2ccc(N(C)C)cc2)CC1. The van der Waals surface area contributed by atoms with E-state index < -0.39 is 0 Å². The number of anilines is 1. The molecule has 1 saturated heterocycles. The maximum Gasteiger partial charge on any atom is 0.253 e. The van der Waals surface area contributed by atoms with Crippen LogP contribution in [0.5, 0.6) is 0 Å². The van der Waals surface area contributed by atoms with Crippen LogP contribution in [0.1, 0.15) is 30.1 Å². The van der Waals surface area contributed by atoms with Gasteiger partial charge in [-0.15, -0.1) is 0 Å². The zero-order valence-corrected chi connectivity index (χ0v) is 14.1. The molecule has 1 aromatic rings. The van der Waals surface area contributed by atoms with E-state index in [4.69, 9.17) is 0 Å². The minimum atomic E-state index is 0.163. The summed E-state index contributed by atoms with van der Waals surface area (Å²) in [6.45, 7) is 3.94. The number of hydrogen-bond donors (Lipinski definition) is 0. The molecule has 110 valence electrons. The van der Waals surface area contributed by atoms with Crippen molar-refractivity contribution in [1.29, 1.82) is 0 Å². The van der Waals surface area contributed by atoms with Crippen molar-refractivity contribution in [3.63, 3.8) is 0 Å². The highest BCUT2D eigenvalue weighted by atomic mass is 79.9. The topological polar surface area (TPSA) is 23.6 Å². The maximum atomic E-state index is 12.5. The van der Waals surface area contributed by atoms with Crippen molar-refractivity contribution >= 4 is 27.5 Å². The molecule has 1 aromatic carbocycles. The minimum absolute atomic E-state index is 0.163. The van der Waals surface area contributed by atoms with Gasteiger partial charge >= 0.3 is 0 Å². The predicted molar refractivity (Wildman–Crippen MR) is 87.8 cm³/mol. The van der Waals surface area contributed by atoms with Gasteiger partial charge in [-0.3, -0.25) is 4.79 Å². The summed E-state index contributed by atoms with van der Waals surface area (Å²) in [5.41, 5.74) is 1.91. The Morgan fingerprint density at radius 3 is 2.25 bits per heavy atom. The smallest absolute Gasteiger partial charge is 0.253 e. The number of carbonyl (C=O) groups is 1. The summed E-state index contributed by atoms with van der Waals surface area (Å²) in [6.07, 6.45) is 2.18. The number of halogens is 1. The molecule has 0 aliphatic carbocycles. The second-order valence-electron chi connectivity index (χ2n) is 5.75. The monoisotopic (exact) mass is 338 g/mol. The third-order valence-corrected chi connectivity index (χ3v) is 4.85. The summed E-state index contributed by atoms with van der Waals surface area (Å²) < 4.78 is 0. The Morgan fingerprint density at radius 1 is 1.25 bits per heavy atom. The lowest BCUT2D eigenvalue weighted by Gasteiger charge is -2.33. The van der Waals surface area contributed by atoms with Gasteiger partial charge in [0.15, 0.2) is 0 Å². The van der Waals surface area contributed by atoms with Crippen molar-refractivity contribution in [1.82, 2.24) is 4.90 Å². The number of carbonyl (C=O) groups excluding carboxylic acids is 1. The van der Waals surface area contributed by atoms with Crippen molar-refractivity contribution in [2.45, 2.75) is 24.6 Å². The molecular weight excluding hydrogens is 316 g/mol. The van der Waals surface area contributed by atoms with Gasteiger partial charge in [-0.25, -0.2) is 0 Å². The Hall–Kier alpha value is -1.03. The van der Waals surface area contributed by atoms with Crippen molar-refractivity contribution in [3.8, 4) is 0 Å². The van der Waals surface area contributed by atoms with Gasteiger partial charge in [-0.05, 0) is 43.0 Å². The molecule has 20 heavy (non-hydrogen) atoms. The fraction of sp³-hybridized carbons (Fsp3) is 0.562. The van der Waals surface area contributed by atoms with Crippen molar-refractivity contribution in [3.05, 3.63) is 29.8 Å². The summed E-state index contributed by atoms with van der Waals surface area (Å²) in [6, 6.07) is 7.86. The van der Waals surface area contributed by atoms with E-state index in [1.54, 1.807) is 0 Å². The number of nitrogens with zero attached hydrogens (tertiary/aromatic N) is 2. The lowest BCUT2D eigenvalue weighted by atomic mass is 9.94. The molecule has 1 atom stereocenters. The molecule has 3 nitrogen and oxygen atoms in total. The second-order valence-corrected chi connectivity index (χ2v) is 7.19. The van der Waals surface area contributed by atoms with Crippen molar-refractivity contribution < 1.29 is 4.79 Å². The molecule has 1 aliphatic rings. The largest absolute Gasteiger partial charge is 0.378 e. The average Bonchev–Trinajstić information content (AvgIpc) is 2.46. The highest BCUT2D eigenvalue weighted by molar-refractivity contribution is 9.09. The van der Waals surface area contributed by atoms with Gasteiger partial charge in [0, 0.05) is 43.3 Å². The van der Waals surface area contributed by atoms with E-state index in [0.717, 1.165) is 37.2 Å². The van der Waals surface area contributed by atoms with E-state index in [1.807, 2.05) is 48.2 Å². The predicted octanol–water partition coefficient (Wildman–Crippen LogP) is 3.39. The molecule has 0 radical (unpaired) electrons. The fourth-order valence-electron chi connectivity index (χ4n) is 2.65. The third-order valence-electron chi connectivity index (χ3n) is 4.11. The van der Waals surface area contributed by atoms with E-state index in [2.05, 4.69) is 22.9 Å². The molecule has 0 spiro atoms. The maximum absolute atomic E-state index is 12.5. The summed E-state index contributed by atoms with van der Waals surface area (Å²) in [7, 11) is 4.01. The van der Waals surface area contributed by atoms with Gasteiger partial charge in [0.25, 0.3) is 5.91 Å². The first kappa shape index (κ1) is 15.4. The van der Waals surface area contributed by atoms with Gasteiger partial charge in [0.05, 0.1) is 0 Å². The number of likely N-dealkylation sites (tertiary alicyclic amines) is 1. The van der Waals surface area contributed by atoms with E-state index >= 15 is 0 Å². The van der Waals surface area contributed by atoms with Crippen LogP contribution in [0.15, 0.2) is 24.3 Å².